The van der Waals surface area contributed by atoms with Gasteiger partial charge in [0, 0.05) is 12.7 Å². The summed E-state index contributed by atoms with van der Waals surface area (Å²) >= 11 is 0. The van der Waals surface area contributed by atoms with Gasteiger partial charge in [0.1, 0.15) is 11.4 Å². The predicted octanol–water partition coefficient (Wildman–Crippen LogP) is 1.25. The Morgan fingerprint density at radius 3 is 2.39 bits per heavy atom. The average Bonchev–Trinajstić information content (AvgIpc) is 2.38. The van der Waals surface area contributed by atoms with Gasteiger partial charge in [0.25, 0.3) is 10.9 Å². The van der Waals surface area contributed by atoms with Crippen molar-refractivity contribution in [2.75, 3.05) is 17.7 Å². The Labute approximate surface area is 103 Å². The highest BCUT2D eigenvalue weighted by Gasteiger charge is 2.19. The first-order valence-corrected chi connectivity index (χ1v) is 5.37. The number of hydrogen-bond donors (Lipinski definition) is 2. The van der Waals surface area contributed by atoms with Gasteiger partial charge in [0.2, 0.25) is 0 Å². The first-order chi connectivity index (χ1) is 8.58. The molecule has 0 bridgehead atoms. The molecule has 0 spiro atoms. The first-order valence-electron chi connectivity index (χ1n) is 5.37. The van der Waals surface area contributed by atoms with E-state index in [9.17, 15) is 9.59 Å². The molecule has 2 rings (SSSR count). The van der Waals surface area contributed by atoms with Crippen LogP contribution in [0.15, 0.2) is 27.8 Å². The van der Waals surface area contributed by atoms with Gasteiger partial charge < -0.3 is 10.6 Å². The topological polar surface area (TPSA) is 82.0 Å². The molecular formula is C13H11N3O2. The van der Waals surface area contributed by atoms with Crippen LogP contribution in [0.3, 0.4) is 0 Å². The summed E-state index contributed by atoms with van der Waals surface area (Å²) in [7, 11) is 1.59. The zero-order chi connectivity index (χ0) is 13.3. The summed E-state index contributed by atoms with van der Waals surface area (Å²) in [5.41, 5.74) is 1.60. The molecule has 0 saturated heterocycles. The van der Waals surface area contributed by atoms with Crippen molar-refractivity contribution in [2.24, 2.45) is 0 Å². The summed E-state index contributed by atoms with van der Waals surface area (Å²) in [4.78, 5) is 22.6. The Morgan fingerprint density at radius 1 is 1.17 bits per heavy atom. The van der Waals surface area contributed by atoms with Gasteiger partial charge in [-0.25, -0.2) is 0 Å². The van der Waals surface area contributed by atoms with Crippen molar-refractivity contribution in [1.82, 2.24) is 0 Å². The van der Waals surface area contributed by atoms with Gasteiger partial charge >= 0.3 is 0 Å². The lowest BCUT2D eigenvalue weighted by Crippen LogP contribution is -2.35. The summed E-state index contributed by atoms with van der Waals surface area (Å²) < 4.78 is 0. The molecule has 18 heavy (non-hydrogen) atoms. The first kappa shape index (κ1) is 11.9. The molecule has 0 aliphatic heterocycles. The summed E-state index contributed by atoms with van der Waals surface area (Å²) in [5.74, 6) is 0. The highest BCUT2D eigenvalue weighted by molar-refractivity contribution is 5.78. The zero-order valence-corrected chi connectivity index (χ0v) is 10.00. The van der Waals surface area contributed by atoms with Crippen LogP contribution in [0.1, 0.15) is 11.1 Å². The molecule has 0 radical (unpaired) electrons. The number of nitrogens with one attached hydrogen (secondary N) is 2. The molecule has 0 aromatic heterocycles. The van der Waals surface area contributed by atoms with Gasteiger partial charge in [-0.15, -0.1) is 0 Å². The quantitative estimate of drug-likeness (QED) is 0.790. The van der Waals surface area contributed by atoms with E-state index < -0.39 is 10.9 Å². The standard InChI is InChI=1S/C13H11N3O2/c1-7-5-9(4-3-8(7)6-14)16-11-10(15-2)12(17)13(11)18/h3-5,15-16H,1-2H3. The maximum absolute atomic E-state index is 11.4. The Bertz CT molecular complexity index is 719. The molecule has 5 nitrogen and oxygen atoms in total. The number of hydrogen-bond acceptors (Lipinski definition) is 5. The van der Waals surface area contributed by atoms with Crippen LogP contribution >= 0.6 is 0 Å². The van der Waals surface area contributed by atoms with Crippen molar-refractivity contribution in [2.45, 2.75) is 6.92 Å². The van der Waals surface area contributed by atoms with Crippen LogP contribution in [0.4, 0.5) is 17.1 Å². The van der Waals surface area contributed by atoms with E-state index in [1.165, 1.54) is 0 Å². The van der Waals surface area contributed by atoms with Crippen LogP contribution in [0.5, 0.6) is 0 Å². The lowest BCUT2D eigenvalue weighted by atomic mass is 10.1. The Morgan fingerprint density at radius 2 is 1.83 bits per heavy atom. The summed E-state index contributed by atoms with van der Waals surface area (Å²) in [6.07, 6.45) is 0. The van der Waals surface area contributed by atoms with E-state index in [0.29, 0.717) is 16.9 Å². The third-order valence-corrected chi connectivity index (χ3v) is 2.78. The number of nitriles is 1. The van der Waals surface area contributed by atoms with E-state index in [0.717, 1.165) is 5.56 Å². The fraction of sp³-hybridized carbons (Fsp3) is 0.154. The molecule has 2 aromatic carbocycles. The molecule has 90 valence electrons. The smallest absolute Gasteiger partial charge is 0.253 e. The Balaban J connectivity index is 2.33. The second-order valence-electron chi connectivity index (χ2n) is 3.92. The van der Waals surface area contributed by atoms with Crippen LogP contribution in [0, 0.1) is 18.3 Å². The Hall–Kier alpha value is -2.61. The van der Waals surface area contributed by atoms with Crippen LogP contribution in [0.25, 0.3) is 0 Å². The molecule has 2 N–H and O–H groups in total. The van der Waals surface area contributed by atoms with Gasteiger partial charge in [0.05, 0.1) is 11.6 Å². The number of aryl methyl sites for hydroxylation is 1. The average molecular weight is 241 g/mol. The minimum absolute atomic E-state index is 0.270. The number of nitrogens with zero attached hydrogens (tertiary/aromatic N) is 1. The van der Waals surface area contributed by atoms with E-state index in [4.69, 9.17) is 5.26 Å². The Kier molecular flexibility index (Phi) is 2.86. The van der Waals surface area contributed by atoms with Gasteiger partial charge in [0.15, 0.2) is 0 Å². The molecule has 2 aromatic rings. The van der Waals surface area contributed by atoms with E-state index in [1.54, 1.807) is 25.2 Å². The highest BCUT2D eigenvalue weighted by atomic mass is 16.2. The van der Waals surface area contributed by atoms with Crippen molar-refractivity contribution in [3.05, 3.63) is 49.8 Å². The van der Waals surface area contributed by atoms with Gasteiger partial charge in [-0.3, -0.25) is 9.59 Å². The molecule has 0 saturated carbocycles. The molecule has 0 fully saturated rings. The molecule has 0 atom stereocenters. The second-order valence-corrected chi connectivity index (χ2v) is 3.92. The van der Waals surface area contributed by atoms with Gasteiger partial charge in [-0.05, 0) is 30.7 Å². The predicted molar refractivity (Wildman–Crippen MR) is 70.1 cm³/mol. The number of anilines is 3. The summed E-state index contributed by atoms with van der Waals surface area (Å²) in [5, 5.41) is 14.4. The maximum Gasteiger partial charge on any atom is 0.253 e. The minimum Gasteiger partial charge on any atom is -0.383 e. The highest BCUT2D eigenvalue weighted by Crippen LogP contribution is 2.22. The molecule has 0 heterocycles. The van der Waals surface area contributed by atoms with E-state index in [2.05, 4.69) is 16.7 Å². The van der Waals surface area contributed by atoms with Crippen LogP contribution < -0.4 is 21.5 Å². The third-order valence-electron chi connectivity index (χ3n) is 2.78. The molecule has 0 amide bonds. The van der Waals surface area contributed by atoms with E-state index >= 15 is 0 Å². The largest absolute Gasteiger partial charge is 0.383 e. The van der Waals surface area contributed by atoms with Crippen LogP contribution in [0.2, 0.25) is 0 Å². The third kappa shape index (κ3) is 1.74. The van der Waals surface area contributed by atoms with Crippen molar-refractivity contribution in [3.63, 3.8) is 0 Å². The van der Waals surface area contributed by atoms with Gasteiger partial charge in [-0.2, -0.15) is 5.26 Å². The van der Waals surface area contributed by atoms with Crippen LogP contribution in [-0.2, 0) is 0 Å². The lowest BCUT2D eigenvalue weighted by molar-refractivity contribution is 1.33. The van der Waals surface area contributed by atoms with Crippen molar-refractivity contribution in [1.29, 1.82) is 5.26 Å². The second kappa shape index (κ2) is 4.34. The summed E-state index contributed by atoms with van der Waals surface area (Å²) in [6, 6.07) is 7.19. The summed E-state index contributed by atoms with van der Waals surface area (Å²) in [6.45, 7) is 1.81. The van der Waals surface area contributed by atoms with E-state index in [1.807, 2.05) is 6.92 Å². The fourth-order valence-electron chi connectivity index (χ4n) is 1.76. The lowest BCUT2D eigenvalue weighted by Gasteiger charge is -2.13. The molecule has 5 heteroatoms. The minimum atomic E-state index is -0.527. The molecule has 0 aliphatic rings. The maximum atomic E-state index is 11.4. The van der Waals surface area contributed by atoms with Crippen molar-refractivity contribution in [3.8, 4) is 6.07 Å². The normalized spacial score (nSPS) is 10.1. The fourth-order valence-corrected chi connectivity index (χ4v) is 1.76. The van der Waals surface area contributed by atoms with Crippen LogP contribution in [-0.4, -0.2) is 7.05 Å². The molecule has 0 aliphatic carbocycles. The SMILES string of the molecule is CNc1c(Nc2ccc(C#N)c(C)c2)c(=O)c1=O. The van der Waals surface area contributed by atoms with Crippen molar-refractivity contribution < 1.29 is 0 Å². The monoisotopic (exact) mass is 241 g/mol. The van der Waals surface area contributed by atoms with E-state index in [-0.39, 0.29) is 5.69 Å². The molecular weight excluding hydrogens is 230 g/mol. The number of benzene rings is 1. The number of rotatable bonds is 3. The van der Waals surface area contributed by atoms with Gasteiger partial charge in [-0.1, -0.05) is 0 Å². The van der Waals surface area contributed by atoms with Crippen molar-refractivity contribution >= 4 is 17.1 Å². The zero-order valence-electron chi connectivity index (χ0n) is 10.00. The molecule has 0 unspecified atom stereocenters.